The van der Waals surface area contributed by atoms with E-state index in [9.17, 15) is 27.2 Å². The van der Waals surface area contributed by atoms with Crippen LogP contribution in [0.25, 0.3) is 0 Å². The molecule has 2 aromatic rings. The van der Waals surface area contributed by atoms with Crippen LogP contribution in [0.15, 0.2) is 42.5 Å². The largest absolute Gasteiger partial charge is 0.481 e. The summed E-state index contributed by atoms with van der Waals surface area (Å²) in [6.07, 6.45) is -4.60. The molecule has 1 amide bonds. The quantitative estimate of drug-likeness (QED) is 0.540. The van der Waals surface area contributed by atoms with Crippen LogP contribution in [0.4, 0.5) is 23.2 Å². The highest BCUT2D eigenvalue weighted by atomic mass is 35.5. The van der Waals surface area contributed by atoms with Gasteiger partial charge in [0.25, 0.3) is 0 Å². The molecule has 4 nitrogen and oxygen atoms in total. The molecule has 0 aliphatic rings. The molecule has 0 bridgehead atoms. The van der Waals surface area contributed by atoms with Gasteiger partial charge in [-0.05, 0) is 41.8 Å². The molecule has 0 radical (unpaired) electrons. The molecule has 2 aromatic carbocycles. The second-order valence-electron chi connectivity index (χ2n) is 7.11. The first-order valence-corrected chi connectivity index (χ1v) is 9.42. The summed E-state index contributed by atoms with van der Waals surface area (Å²) in [6, 6.07) is 8.99. The second kappa shape index (κ2) is 9.47. The van der Waals surface area contributed by atoms with Crippen molar-refractivity contribution in [3.05, 3.63) is 64.4 Å². The van der Waals surface area contributed by atoms with Gasteiger partial charge < -0.3 is 10.4 Å². The fraction of sp³-hybridized carbons (Fsp3) is 0.333. The zero-order valence-corrected chi connectivity index (χ0v) is 16.9. The van der Waals surface area contributed by atoms with Crippen LogP contribution in [0.2, 0.25) is 5.02 Å². The fourth-order valence-electron chi connectivity index (χ4n) is 2.97. The third-order valence-corrected chi connectivity index (χ3v) is 5.03. The molecule has 0 spiro atoms. The van der Waals surface area contributed by atoms with Crippen LogP contribution >= 0.6 is 11.6 Å². The van der Waals surface area contributed by atoms with Gasteiger partial charge in [0.1, 0.15) is 5.82 Å². The number of carbonyl (C=O) groups excluding carboxylic acids is 1. The van der Waals surface area contributed by atoms with E-state index in [2.05, 4.69) is 5.32 Å². The van der Waals surface area contributed by atoms with E-state index < -0.39 is 41.6 Å². The van der Waals surface area contributed by atoms with E-state index in [1.807, 2.05) is 0 Å². The number of aliphatic carboxylic acids is 1. The average Bonchev–Trinajstić information content (AvgIpc) is 2.65. The number of nitrogens with one attached hydrogen (secondary N) is 1. The summed E-state index contributed by atoms with van der Waals surface area (Å²) in [5.74, 6) is -7.37. The van der Waals surface area contributed by atoms with Crippen molar-refractivity contribution >= 4 is 29.2 Å². The Bertz CT molecular complexity index is 915. The number of carboxylic acids is 1. The molecule has 0 heterocycles. The Balaban J connectivity index is 2.35. The molecule has 9 heteroatoms. The minimum atomic E-state index is -4.67. The highest BCUT2D eigenvalue weighted by molar-refractivity contribution is 6.30. The smallest absolute Gasteiger partial charge is 0.392 e. The van der Waals surface area contributed by atoms with Gasteiger partial charge in [0.2, 0.25) is 5.91 Å². The summed E-state index contributed by atoms with van der Waals surface area (Å²) in [7, 11) is 0. The summed E-state index contributed by atoms with van der Waals surface area (Å²) < 4.78 is 54.4. The molecular weight excluding hydrogens is 426 g/mol. The highest BCUT2D eigenvalue weighted by Crippen LogP contribution is 2.38. The summed E-state index contributed by atoms with van der Waals surface area (Å²) in [4.78, 5) is 23.8. The molecule has 0 unspecified atom stereocenters. The molecule has 30 heavy (non-hydrogen) atoms. The summed E-state index contributed by atoms with van der Waals surface area (Å²) in [6.45, 7) is 2.34. The van der Waals surface area contributed by atoms with Crippen molar-refractivity contribution in [3.63, 3.8) is 0 Å². The van der Waals surface area contributed by atoms with Crippen molar-refractivity contribution in [1.29, 1.82) is 0 Å². The summed E-state index contributed by atoms with van der Waals surface area (Å²) in [5, 5.41) is 11.5. The van der Waals surface area contributed by atoms with Gasteiger partial charge >= 0.3 is 12.1 Å². The fourth-order valence-corrected chi connectivity index (χ4v) is 3.10. The van der Waals surface area contributed by atoms with E-state index in [0.29, 0.717) is 10.6 Å². The number of hydrogen-bond donors (Lipinski definition) is 2. The first kappa shape index (κ1) is 23.7. The predicted octanol–water partition coefficient (Wildman–Crippen LogP) is 5.66. The molecule has 0 aliphatic heterocycles. The van der Waals surface area contributed by atoms with Crippen molar-refractivity contribution in [1.82, 2.24) is 0 Å². The standard InChI is InChI=1S/C21H20ClF4NO3/c1-11(20(29)30)9-13-3-8-16(23)17(10-13)27-19(28)18(12(2)21(24,25)26)14-4-6-15(22)7-5-14/h3-8,10-12,18H,9H2,1-2H3,(H,27,28)(H,29,30)/t11-,12-,18+/m1/s1. The summed E-state index contributed by atoms with van der Waals surface area (Å²) in [5.41, 5.74) is 0.190. The van der Waals surface area contributed by atoms with E-state index in [1.165, 1.54) is 43.3 Å². The Morgan fingerprint density at radius 3 is 2.23 bits per heavy atom. The number of halogens is 5. The van der Waals surface area contributed by atoms with Crippen LogP contribution in [-0.4, -0.2) is 23.2 Å². The van der Waals surface area contributed by atoms with Gasteiger partial charge in [0.05, 0.1) is 23.4 Å². The van der Waals surface area contributed by atoms with E-state index in [-0.39, 0.29) is 17.7 Å². The van der Waals surface area contributed by atoms with Gasteiger partial charge in [-0.2, -0.15) is 13.2 Å². The molecule has 0 fully saturated rings. The van der Waals surface area contributed by atoms with Crippen LogP contribution in [-0.2, 0) is 16.0 Å². The molecular formula is C21H20ClF4NO3. The number of alkyl halides is 3. The highest BCUT2D eigenvalue weighted by Gasteiger charge is 2.45. The SMILES string of the molecule is C[C@H](Cc1ccc(F)c(NC(=O)[C@H](c2ccc(Cl)cc2)[C@@H](C)C(F)(F)F)c1)C(=O)O. The molecule has 3 atom stereocenters. The second-order valence-corrected chi connectivity index (χ2v) is 7.54. The Hall–Kier alpha value is -2.61. The van der Waals surface area contributed by atoms with Crippen molar-refractivity contribution < 1.29 is 32.3 Å². The van der Waals surface area contributed by atoms with Crippen LogP contribution in [0.3, 0.4) is 0 Å². The first-order valence-electron chi connectivity index (χ1n) is 9.04. The molecule has 162 valence electrons. The topological polar surface area (TPSA) is 66.4 Å². The van der Waals surface area contributed by atoms with Gasteiger partial charge in [-0.15, -0.1) is 0 Å². The van der Waals surface area contributed by atoms with Crippen molar-refractivity contribution in [2.24, 2.45) is 11.8 Å². The van der Waals surface area contributed by atoms with Crippen LogP contribution in [0.5, 0.6) is 0 Å². The number of amides is 1. The normalized spacial score (nSPS) is 14.6. The van der Waals surface area contributed by atoms with E-state index in [0.717, 1.165) is 13.0 Å². The molecule has 0 saturated heterocycles. The maximum absolute atomic E-state index is 14.2. The lowest BCUT2D eigenvalue weighted by molar-refractivity contribution is -0.178. The van der Waals surface area contributed by atoms with Crippen LogP contribution in [0.1, 0.15) is 30.9 Å². The zero-order chi connectivity index (χ0) is 22.6. The molecule has 0 aliphatic carbocycles. The average molecular weight is 446 g/mol. The third kappa shape index (κ3) is 5.95. The van der Waals surface area contributed by atoms with Crippen molar-refractivity contribution in [2.75, 3.05) is 5.32 Å². The number of carboxylic acid groups (broad SMARTS) is 1. The predicted molar refractivity (Wildman–Crippen MR) is 105 cm³/mol. The van der Waals surface area contributed by atoms with Gasteiger partial charge in [0.15, 0.2) is 0 Å². The number of rotatable bonds is 7. The maximum atomic E-state index is 14.2. The number of benzene rings is 2. The Labute approximate surface area is 175 Å². The van der Waals surface area contributed by atoms with Gasteiger partial charge in [-0.3, -0.25) is 9.59 Å². The number of carbonyl (C=O) groups is 2. The van der Waals surface area contributed by atoms with Crippen LogP contribution in [0, 0.1) is 17.7 Å². The van der Waals surface area contributed by atoms with E-state index in [1.54, 1.807) is 0 Å². The molecule has 0 saturated carbocycles. The van der Waals surface area contributed by atoms with Gasteiger partial charge in [-0.1, -0.05) is 43.6 Å². The lowest BCUT2D eigenvalue weighted by atomic mass is 9.85. The number of hydrogen-bond acceptors (Lipinski definition) is 2. The zero-order valence-electron chi connectivity index (χ0n) is 16.1. The lowest BCUT2D eigenvalue weighted by Crippen LogP contribution is -2.34. The van der Waals surface area contributed by atoms with Crippen molar-refractivity contribution in [3.8, 4) is 0 Å². The Morgan fingerprint density at radius 1 is 1.10 bits per heavy atom. The minimum absolute atomic E-state index is 0.0675. The summed E-state index contributed by atoms with van der Waals surface area (Å²) >= 11 is 5.78. The number of anilines is 1. The maximum Gasteiger partial charge on any atom is 0.392 e. The lowest BCUT2D eigenvalue weighted by Gasteiger charge is -2.26. The van der Waals surface area contributed by atoms with Crippen molar-refractivity contribution in [2.45, 2.75) is 32.4 Å². The molecule has 2 N–H and O–H groups in total. The first-order chi connectivity index (χ1) is 13.9. The van der Waals surface area contributed by atoms with Gasteiger partial charge in [-0.25, -0.2) is 4.39 Å². The Morgan fingerprint density at radius 2 is 1.70 bits per heavy atom. The Kier molecular flexibility index (Phi) is 7.47. The molecule has 2 rings (SSSR count). The van der Waals surface area contributed by atoms with E-state index >= 15 is 0 Å². The van der Waals surface area contributed by atoms with E-state index in [4.69, 9.17) is 16.7 Å². The third-order valence-electron chi connectivity index (χ3n) is 4.78. The monoisotopic (exact) mass is 445 g/mol. The van der Waals surface area contributed by atoms with Gasteiger partial charge in [0, 0.05) is 5.02 Å². The minimum Gasteiger partial charge on any atom is -0.481 e. The molecule has 0 aromatic heterocycles. The van der Waals surface area contributed by atoms with Crippen LogP contribution < -0.4 is 5.32 Å².